The number of hydrogen-bond acceptors (Lipinski definition) is 4. The Labute approximate surface area is 118 Å². The number of nitrogens with zero attached hydrogens (tertiary/aromatic N) is 1. The summed E-state index contributed by atoms with van der Waals surface area (Å²) in [6, 6.07) is 10.5. The monoisotopic (exact) mass is 291 g/mol. The third-order valence-electron chi connectivity index (χ3n) is 3.08. The normalized spacial score (nSPS) is 11.5. The number of rotatable bonds is 5. The summed E-state index contributed by atoms with van der Waals surface area (Å²) >= 11 is 0. The van der Waals surface area contributed by atoms with Crippen molar-refractivity contribution in [2.75, 3.05) is 0 Å². The Morgan fingerprint density at radius 1 is 1.20 bits per heavy atom. The van der Waals surface area contributed by atoms with Crippen LogP contribution in [0.25, 0.3) is 0 Å². The van der Waals surface area contributed by atoms with Gasteiger partial charge in [0, 0.05) is 12.7 Å². The second-order valence-corrected chi connectivity index (χ2v) is 6.13. The molecule has 1 aromatic heterocycles. The second kappa shape index (κ2) is 6.13. The van der Waals surface area contributed by atoms with Gasteiger partial charge in [0.1, 0.15) is 0 Å². The molecule has 0 spiro atoms. The zero-order valence-corrected chi connectivity index (χ0v) is 12.0. The summed E-state index contributed by atoms with van der Waals surface area (Å²) in [6.45, 7) is 2.24. The van der Waals surface area contributed by atoms with Gasteiger partial charge in [-0.1, -0.05) is 18.2 Å². The molecular formula is C14H17N3O2S. The van der Waals surface area contributed by atoms with Crippen LogP contribution in [0.5, 0.6) is 0 Å². The van der Waals surface area contributed by atoms with E-state index in [-0.39, 0.29) is 11.4 Å². The molecule has 6 heteroatoms. The molecule has 0 amide bonds. The molecule has 0 aliphatic heterocycles. The molecule has 0 aliphatic rings. The first-order valence-electron chi connectivity index (χ1n) is 6.22. The van der Waals surface area contributed by atoms with Crippen molar-refractivity contribution >= 4 is 10.0 Å². The minimum Gasteiger partial charge on any atom is -0.326 e. The molecule has 0 atom stereocenters. The highest BCUT2D eigenvalue weighted by Crippen LogP contribution is 2.18. The summed E-state index contributed by atoms with van der Waals surface area (Å²) in [6.07, 6.45) is 1.63. The summed E-state index contributed by atoms with van der Waals surface area (Å²) in [5.74, 6) is 0. The highest BCUT2D eigenvalue weighted by atomic mass is 32.2. The molecule has 5 nitrogen and oxygen atoms in total. The quantitative estimate of drug-likeness (QED) is 0.870. The Morgan fingerprint density at radius 2 is 2.00 bits per heavy atom. The lowest BCUT2D eigenvalue weighted by atomic mass is 10.1. The predicted molar refractivity (Wildman–Crippen MR) is 77.3 cm³/mol. The van der Waals surface area contributed by atoms with E-state index in [9.17, 15) is 8.42 Å². The largest absolute Gasteiger partial charge is 0.326 e. The van der Waals surface area contributed by atoms with Crippen molar-refractivity contribution in [1.29, 1.82) is 0 Å². The zero-order chi connectivity index (χ0) is 14.6. The molecule has 3 N–H and O–H groups in total. The maximum Gasteiger partial charge on any atom is 0.241 e. The van der Waals surface area contributed by atoms with Crippen molar-refractivity contribution < 1.29 is 8.42 Å². The van der Waals surface area contributed by atoms with E-state index in [0.717, 1.165) is 5.56 Å². The standard InChI is InChI=1S/C14H17N3O2S/c1-11-12(9-15)5-4-7-14(11)20(18,19)17-10-13-6-2-3-8-16-13/h2-8,17H,9-10,15H2,1H3. The molecule has 106 valence electrons. The van der Waals surface area contributed by atoms with Crippen molar-refractivity contribution in [2.24, 2.45) is 5.73 Å². The molecule has 0 bridgehead atoms. The molecule has 0 fully saturated rings. The first-order chi connectivity index (χ1) is 9.54. The maximum absolute atomic E-state index is 12.3. The summed E-state index contributed by atoms with van der Waals surface area (Å²) < 4.78 is 27.2. The van der Waals surface area contributed by atoms with Crippen LogP contribution in [0, 0.1) is 6.92 Å². The molecule has 0 unspecified atom stereocenters. The minimum absolute atomic E-state index is 0.162. The number of aromatic nitrogens is 1. The average molecular weight is 291 g/mol. The van der Waals surface area contributed by atoms with Crippen LogP contribution in [-0.2, 0) is 23.1 Å². The summed E-state index contributed by atoms with van der Waals surface area (Å²) in [5.41, 5.74) is 7.78. The van der Waals surface area contributed by atoms with E-state index in [4.69, 9.17) is 5.73 Å². The Hall–Kier alpha value is -1.76. The summed E-state index contributed by atoms with van der Waals surface area (Å²) in [5, 5.41) is 0. The highest BCUT2D eigenvalue weighted by Gasteiger charge is 2.17. The van der Waals surface area contributed by atoms with Crippen molar-refractivity contribution in [1.82, 2.24) is 9.71 Å². The molecule has 2 aromatic rings. The Balaban J connectivity index is 2.23. The summed E-state index contributed by atoms with van der Waals surface area (Å²) in [4.78, 5) is 4.35. The molecule has 1 aromatic carbocycles. The number of nitrogens with one attached hydrogen (secondary N) is 1. The van der Waals surface area contributed by atoms with Crippen LogP contribution in [0.2, 0.25) is 0 Å². The van der Waals surface area contributed by atoms with E-state index in [1.165, 1.54) is 0 Å². The van der Waals surface area contributed by atoms with Crippen molar-refractivity contribution in [2.45, 2.75) is 24.9 Å². The molecule has 2 rings (SSSR count). The van der Waals surface area contributed by atoms with Gasteiger partial charge < -0.3 is 5.73 Å². The van der Waals surface area contributed by atoms with Crippen molar-refractivity contribution in [3.8, 4) is 0 Å². The molecule has 0 saturated carbocycles. The number of benzene rings is 1. The average Bonchev–Trinajstić information content (AvgIpc) is 2.46. The van der Waals surface area contributed by atoms with Crippen LogP contribution in [0.3, 0.4) is 0 Å². The molecule has 0 radical (unpaired) electrons. The van der Waals surface area contributed by atoms with Crippen LogP contribution in [0.1, 0.15) is 16.8 Å². The van der Waals surface area contributed by atoms with E-state index in [1.807, 2.05) is 12.1 Å². The topological polar surface area (TPSA) is 85.1 Å². The van der Waals surface area contributed by atoms with Crippen LogP contribution in [0.4, 0.5) is 0 Å². The Kier molecular flexibility index (Phi) is 4.49. The first-order valence-corrected chi connectivity index (χ1v) is 7.71. The fourth-order valence-corrected chi connectivity index (χ4v) is 3.21. The second-order valence-electron chi connectivity index (χ2n) is 4.39. The van der Waals surface area contributed by atoms with Crippen molar-refractivity contribution in [3.05, 3.63) is 59.4 Å². The van der Waals surface area contributed by atoms with E-state index >= 15 is 0 Å². The van der Waals surface area contributed by atoms with Crippen LogP contribution >= 0.6 is 0 Å². The van der Waals surface area contributed by atoms with Gasteiger partial charge in [-0.05, 0) is 36.2 Å². The minimum atomic E-state index is -3.57. The maximum atomic E-state index is 12.3. The zero-order valence-electron chi connectivity index (χ0n) is 11.2. The first kappa shape index (κ1) is 14.6. The molecule has 1 heterocycles. The van der Waals surface area contributed by atoms with Gasteiger partial charge in [-0.2, -0.15) is 0 Å². The molecular weight excluding hydrogens is 274 g/mol. The third-order valence-corrected chi connectivity index (χ3v) is 4.62. The SMILES string of the molecule is Cc1c(CN)cccc1S(=O)(=O)NCc1ccccn1. The summed E-state index contributed by atoms with van der Waals surface area (Å²) in [7, 11) is -3.57. The van der Waals surface area contributed by atoms with E-state index < -0.39 is 10.0 Å². The lowest BCUT2D eigenvalue weighted by molar-refractivity contribution is 0.579. The fourth-order valence-electron chi connectivity index (χ4n) is 1.92. The van der Waals surface area contributed by atoms with E-state index in [2.05, 4.69) is 9.71 Å². The van der Waals surface area contributed by atoms with Gasteiger partial charge >= 0.3 is 0 Å². The lowest BCUT2D eigenvalue weighted by Crippen LogP contribution is -2.24. The van der Waals surface area contributed by atoms with Crippen LogP contribution in [0.15, 0.2) is 47.5 Å². The van der Waals surface area contributed by atoms with Crippen molar-refractivity contribution in [3.63, 3.8) is 0 Å². The Bertz CT molecular complexity index is 685. The molecule has 20 heavy (non-hydrogen) atoms. The number of nitrogens with two attached hydrogens (primary N) is 1. The number of sulfonamides is 1. The van der Waals surface area contributed by atoms with Gasteiger partial charge in [-0.15, -0.1) is 0 Å². The molecule has 0 saturated heterocycles. The smallest absolute Gasteiger partial charge is 0.241 e. The van der Waals surface area contributed by atoms with Gasteiger partial charge in [-0.3, -0.25) is 4.98 Å². The van der Waals surface area contributed by atoms with E-state index in [0.29, 0.717) is 17.8 Å². The predicted octanol–water partition coefficient (Wildman–Crippen LogP) is 1.33. The van der Waals surface area contributed by atoms with Gasteiger partial charge in [0.15, 0.2) is 0 Å². The van der Waals surface area contributed by atoms with Crippen LogP contribution < -0.4 is 10.5 Å². The van der Waals surface area contributed by atoms with Gasteiger partial charge in [0.2, 0.25) is 10.0 Å². The number of hydrogen-bond donors (Lipinski definition) is 2. The van der Waals surface area contributed by atoms with Gasteiger partial charge in [-0.25, -0.2) is 13.1 Å². The van der Waals surface area contributed by atoms with E-state index in [1.54, 1.807) is 37.4 Å². The fraction of sp³-hybridized carbons (Fsp3) is 0.214. The number of pyridine rings is 1. The van der Waals surface area contributed by atoms with Gasteiger partial charge in [0.05, 0.1) is 17.1 Å². The molecule has 0 aliphatic carbocycles. The van der Waals surface area contributed by atoms with Gasteiger partial charge in [0.25, 0.3) is 0 Å². The third kappa shape index (κ3) is 3.22. The highest BCUT2D eigenvalue weighted by molar-refractivity contribution is 7.89. The Morgan fingerprint density at radius 3 is 2.65 bits per heavy atom. The van der Waals surface area contributed by atoms with Crippen LogP contribution in [-0.4, -0.2) is 13.4 Å². The lowest BCUT2D eigenvalue weighted by Gasteiger charge is -2.11.